The summed E-state index contributed by atoms with van der Waals surface area (Å²) in [7, 11) is 0. The second kappa shape index (κ2) is 8.33. The zero-order valence-corrected chi connectivity index (χ0v) is 14.3. The summed E-state index contributed by atoms with van der Waals surface area (Å²) in [5, 5.41) is 19.0. The molecule has 0 bridgehead atoms. The first-order valence-corrected chi connectivity index (χ1v) is 8.68. The summed E-state index contributed by atoms with van der Waals surface area (Å²) in [6.07, 6.45) is 2.00. The van der Waals surface area contributed by atoms with Gasteiger partial charge in [-0.1, -0.05) is 30.3 Å². The van der Waals surface area contributed by atoms with Crippen molar-refractivity contribution in [1.82, 2.24) is 0 Å². The molecule has 1 aromatic carbocycles. The van der Waals surface area contributed by atoms with Gasteiger partial charge in [0.25, 0.3) is 0 Å². The zero-order chi connectivity index (χ0) is 17.5. The van der Waals surface area contributed by atoms with Crippen LogP contribution in [0, 0.1) is 28.6 Å². The first kappa shape index (κ1) is 17.8. The van der Waals surface area contributed by atoms with Crippen LogP contribution < -0.4 is 0 Å². The lowest BCUT2D eigenvalue weighted by atomic mass is 9.79. The average Bonchev–Trinajstić information content (AvgIpc) is 2.61. The van der Waals surface area contributed by atoms with E-state index in [0.717, 1.165) is 5.56 Å². The van der Waals surface area contributed by atoms with Crippen molar-refractivity contribution >= 4 is 22.8 Å². The van der Waals surface area contributed by atoms with Gasteiger partial charge in [0.2, 0.25) is 0 Å². The normalized spacial score (nSPS) is 19.9. The molecule has 2 atom stereocenters. The van der Waals surface area contributed by atoms with Gasteiger partial charge in [0.1, 0.15) is 12.5 Å². The lowest BCUT2D eigenvalue weighted by molar-refractivity contribution is -0.139. The topological polar surface area (TPSA) is 86.2 Å². The molecule has 0 radical (unpaired) electrons. The van der Waals surface area contributed by atoms with E-state index in [1.165, 1.54) is 11.8 Å². The second-order valence-corrected chi connectivity index (χ2v) is 6.02. The van der Waals surface area contributed by atoms with Crippen molar-refractivity contribution in [2.75, 3.05) is 12.9 Å². The Morgan fingerprint density at radius 2 is 2.04 bits per heavy atom. The van der Waals surface area contributed by atoms with Crippen molar-refractivity contribution in [2.45, 2.75) is 19.3 Å². The number of rotatable bonds is 4. The van der Waals surface area contributed by atoms with E-state index < -0.39 is 17.8 Å². The van der Waals surface area contributed by atoms with Gasteiger partial charge in [-0.2, -0.15) is 10.5 Å². The van der Waals surface area contributed by atoms with E-state index in [9.17, 15) is 10.1 Å². The van der Waals surface area contributed by atoms with Crippen LogP contribution in [0.3, 0.4) is 0 Å². The maximum Gasteiger partial charge on any atom is 0.336 e. The SMILES string of the molecule is CSC1=NC(C)=C(C(=O)OCCC#N)C(c2ccccc2)C1C#N. The molecule has 0 aliphatic carbocycles. The Balaban J connectivity index is 2.49. The molecule has 0 saturated carbocycles. The number of carbonyl (C=O) groups excluding carboxylic acids is 1. The van der Waals surface area contributed by atoms with E-state index in [1.54, 1.807) is 6.92 Å². The van der Waals surface area contributed by atoms with E-state index in [4.69, 9.17) is 10.00 Å². The molecule has 0 amide bonds. The molecule has 5 nitrogen and oxygen atoms in total. The number of carbonyl (C=O) groups is 1. The number of hydrogen-bond acceptors (Lipinski definition) is 6. The highest BCUT2D eigenvalue weighted by atomic mass is 32.2. The fraction of sp³-hybridized carbons (Fsp3) is 0.333. The van der Waals surface area contributed by atoms with Gasteiger partial charge in [-0.3, -0.25) is 0 Å². The van der Waals surface area contributed by atoms with E-state index in [-0.39, 0.29) is 13.0 Å². The van der Waals surface area contributed by atoms with E-state index in [0.29, 0.717) is 16.3 Å². The van der Waals surface area contributed by atoms with E-state index >= 15 is 0 Å². The molecule has 0 aromatic heterocycles. The maximum absolute atomic E-state index is 12.5. The smallest absolute Gasteiger partial charge is 0.336 e. The summed E-state index contributed by atoms with van der Waals surface area (Å²) in [5.74, 6) is -1.48. The van der Waals surface area contributed by atoms with E-state index in [2.05, 4.69) is 11.1 Å². The Labute approximate surface area is 145 Å². The lowest BCUT2D eigenvalue weighted by Gasteiger charge is -2.29. The van der Waals surface area contributed by atoms with Gasteiger partial charge in [-0.15, -0.1) is 11.8 Å². The van der Waals surface area contributed by atoms with Gasteiger partial charge in [0.05, 0.1) is 29.2 Å². The van der Waals surface area contributed by atoms with E-state index in [1.807, 2.05) is 42.7 Å². The molecule has 1 aliphatic heterocycles. The van der Waals surface area contributed by atoms with Gasteiger partial charge < -0.3 is 4.74 Å². The Bertz CT molecular complexity index is 757. The summed E-state index contributed by atoms with van der Waals surface area (Å²) in [6, 6.07) is 13.7. The monoisotopic (exact) mass is 339 g/mol. The highest BCUT2D eigenvalue weighted by Crippen LogP contribution is 2.40. The number of benzene rings is 1. The molecule has 122 valence electrons. The fourth-order valence-corrected chi connectivity index (χ4v) is 3.36. The van der Waals surface area contributed by atoms with Crippen LogP contribution in [0.25, 0.3) is 0 Å². The Morgan fingerprint density at radius 3 is 2.62 bits per heavy atom. The van der Waals surface area contributed by atoms with Gasteiger partial charge in [-0.25, -0.2) is 9.79 Å². The molecule has 1 heterocycles. The molecular formula is C18H17N3O2S. The van der Waals surface area contributed by atoms with Crippen molar-refractivity contribution in [3.63, 3.8) is 0 Å². The fourth-order valence-electron chi connectivity index (χ4n) is 2.69. The number of nitriles is 2. The number of esters is 1. The number of ether oxygens (including phenoxy) is 1. The average molecular weight is 339 g/mol. The van der Waals surface area contributed by atoms with Crippen LogP contribution in [0.5, 0.6) is 0 Å². The van der Waals surface area contributed by atoms with Gasteiger partial charge >= 0.3 is 5.97 Å². The summed E-state index contributed by atoms with van der Waals surface area (Å²) >= 11 is 1.41. The number of thioether (sulfide) groups is 1. The Kier molecular flexibility index (Phi) is 6.17. The maximum atomic E-state index is 12.5. The quantitative estimate of drug-likeness (QED) is 0.620. The summed E-state index contributed by atoms with van der Waals surface area (Å²) in [6.45, 7) is 1.78. The van der Waals surface area contributed by atoms with Gasteiger partial charge in [0.15, 0.2) is 0 Å². The number of aliphatic imine (C=N–C) groups is 1. The van der Waals surface area contributed by atoms with Crippen LogP contribution >= 0.6 is 11.8 Å². The molecule has 1 aliphatic rings. The predicted octanol–water partition coefficient (Wildman–Crippen LogP) is 3.42. The third-order valence-electron chi connectivity index (χ3n) is 3.75. The minimum Gasteiger partial charge on any atom is -0.461 e. The zero-order valence-electron chi connectivity index (χ0n) is 13.5. The van der Waals surface area contributed by atoms with Gasteiger partial charge in [0, 0.05) is 11.6 Å². The molecule has 0 spiro atoms. The Hall–Kier alpha value is -2.57. The molecule has 0 saturated heterocycles. The molecule has 0 N–H and O–H groups in total. The standard InChI is InChI=1S/C18H17N3O2S/c1-12-15(18(22)23-10-6-9-19)16(13-7-4-3-5-8-13)14(11-20)17(21-12)24-2/h3-5,7-8,14,16H,6,10H2,1-2H3. The van der Waals surface area contributed by atoms with Crippen LogP contribution in [0.4, 0.5) is 0 Å². The van der Waals surface area contributed by atoms with Crippen LogP contribution in [0.2, 0.25) is 0 Å². The Morgan fingerprint density at radius 1 is 1.33 bits per heavy atom. The van der Waals surface area contributed by atoms with Crippen LogP contribution in [-0.2, 0) is 9.53 Å². The highest BCUT2D eigenvalue weighted by Gasteiger charge is 2.38. The molecule has 2 unspecified atom stereocenters. The third-order valence-corrected chi connectivity index (χ3v) is 4.52. The largest absolute Gasteiger partial charge is 0.461 e. The van der Waals surface area contributed by atoms with Crippen LogP contribution in [0.1, 0.15) is 24.8 Å². The summed E-state index contributed by atoms with van der Waals surface area (Å²) in [4.78, 5) is 17.0. The molecule has 2 rings (SSSR count). The van der Waals surface area contributed by atoms with Crippen LogP contribution in [0.15, 0.2) is 46.6 Å². The second-order valence-electron chi connectivity index (χ2n) is 5.19. The van der Waals surface area contributed by atoms with Crippen molar-refractivity contribution < 1.29 is 9.53 Å². The predicted molar refractivity (Wildman–Crippen MR) is 93.1 cm³/mol. The molecule has 6 heteroatoms. The molecule has 1 aromatic rings. The highest BCUT2D eigenvalue weighted by molar-refractivity contribution is 8.13. The van der Waals surface area contributed by atoms with Crippen molar-refractivity contribution in [1.29, 1.82) is 10.5 Å². The van der Waals surface area contributed by atoms with Crippen LogP contribution in [-0.4, -0.2) is 23.9 Å². The minimum absolute atomic E-state index is 0.0317. The summed E-state index contributed by atoms with van der Waals surface area (Å²) < 4.78 is 5.20. The van der Waals surface area contributed by atoms with Crippen molar-refractivity contribution in [3.8, 4) is 12.1 Å². The molecule has 24 heavy (non-hydrogen) atoms. The molecule has 0 fully saturated rings. The third kappa shape index (κ3) is 3.67. The van der Waals surface area contributed by atoms with Crippen molar-refractivity contribution in [2.24, 2.45) is 10.9 Å². The molecular weight excluding hydrogens is 322 g/mol. The number of nitrogens with zero attached hydrogens (tertiary/aromatic N) is 3. The first-order chi connectivity index (χ1) is 11.6. The minimum atomic E-state index is -0.537. The lowest BCUT2D eigenvalue weighted by Crippen LogP contribution is -2.29. The van der Waals surface area contributed by atoms with Crippen molar-refractivity contribution in [3.05, 3.63) is 47.2 Å². The number of allylic oxidation sites excluding steroid dienone is 1. The first-order valence-electron chi connectivity index (χ1n) is 7.46. The number of hydrogen-bond donors (Lipinski definition) is 0. The summed E-state index contributed by atoms with van der Waals surface area (Å²) in [5.41, 5.74) is 1.82. The van der Waals surface area contributed by atoms with Gasteiger partial charge in [-0.05, 0) is 18.7 Å².